The van der Waals surface area contributed by atoms with Crippen molar-refractivity contribution in [1.29, 1.82) is 0 Å². The molecular formula is C14H26N4. The number of hydrogen-bond acceptors (Lipinski definition) is 3. The van der Waals surface area contributed by atoms with Crippen molar-refractivity contribution in [2.24, 2.45) is 11.7 Å². The highest BCUT2D eigenvalue weighted by atomic mass is 15.3. The van der Waals surface area contributed by atoms with Crippen LogP contribution in [0.2, 0.25) is 0 Å². The lowest BCUT2D eigenvalue weighted by molar-refractivity contribution is 0.133. The molecule has 1 fully saturated rings. The molecule has 2 atom stereocenters. The van der Waals surface area contributed by atoms with E-state index in [2.05, 4.69) is 37.0 Å². The molecule has 0 amide bonds. The van der Waals surface area contributed by atoms with Crippen LogP contribution in [0, 0.1) is 5.92 Å². The van der Waals surface area contributed by atoms with Gasteiger partial charge in [0.25, 0.3) is 0 Å². The maximum absolute atomic E-state index is 5.99. The highest BCUT2D eigenvalue weighted by molar-refractivity contribution is 5.12. The van der Waals surface area contributed by atoms with E-state index in [1.807, 2.05) is 10.9 Å². The van der Waals surface area contributed by atoms with Gasteiger partial charge in [0.2, 0.25) is 0 Å². The van der Waals surface area contributed by atoms with Gasteiger partial charge in [-0.25, -0.2) is 0 Å². The second kappa shape index (κ2) is 5.85. The first-order chi connectivity index (χ1) is 8.61. The zero-order valence-electron chi connectivity index (χ0n) is 11.8. The lowest BCUT2D eigenvalue weighted by Crippen LogP contribution is -2.40. The van der Waals surface area contributed by atoms with Crippen LogP contribution in [0.3, 0.4) is 0 Å². The molecule has 4 heteroatoms. The van der Waals surface area contributed by atoms with E-state index in [0.717, 1.165) is 12.5 Å². The van der Waals surface area contributed by atoms with Crippen molar-refractivity contribution in [3.05, 3.63) is 18.0 Å². The molecule has 2 unspecified atom stereocenters. The van der Waals surface area contributed by atoms with Crippen molar-refractivity contribution in [3.8, 4) is 0 Å². The predicted octanol–water partition coefficient (Wildman–Crippen LogP) is 2.20. The lowest BCUT2D eigenvalue weighted by Gasteiger charge is -2.36. The maximum atomic E-state index is 5.99. The van der Waals surface area contributed by atoms with E-state index in [-0.39, 0.29) is 0 Å². The molecule has 0 bridgehead atoms. The average Bonchev–Trinajstić information content (AvgIpc) is 2.80. The highest BCUT2D eigenvalue weighted by Crippen LogP contribution is 2.26. The third kappa shape index (κ3) is 2.93. The molecular weight excluding hydrogens is 224 g/mol. The molecule has 1 aromatic rings. The predicted molar refractivity (Wildman–Crippen MR) is 74.4 cm³/mol. The van der Waals surface area contributed by atoms with Crippen LogP contribution in [-0.4, -0.2) is 34.3 Å². The third-order valence-electron chi connectivity index (χ3n) is 3.89. The molecule has 1 saturated heterocycles. The summed E-state index contributed by atoms with van der Waals surface area (Å²) in [5, 5.41) is 4.43. The summed E-state index contributed by atoms with van der Waals surface area (Å²) in [5.41, 5.74) is 7.25. The number of nitrogens with zero attached hydrogens (tertiary/aromatic N) is 3. The standard InChI is InChI=1S/C14H26N4/c1-11(2)18-10-13(8-16-18)14(7-15)17-6-4-5-12(3)9-17/h8,10-12,14H,4-7,9,15H2,1-3H3. The van der Waals surface area contributed by atoms with Gasteiger partial charge < -0.3 is 5.73 Å². The van der Waals surface area contributed by atoms with E-state index in [0.29, 0.717) is 18.6 Å². The molecule has 0 aromatic carbocycles. The van der Waals surface area contributed by atoms with Crippen LogP contribution in [0.1, 0.15) is 51.3 Å². The summed E-state index contributed by atoms with van der Waals surface area (Å²) >= 11 is 0. The molecule has 0 spiro atoms. The van der Waals surface area contributed by atoms with Crippen LogP contribution in [0.25, 0.3) is 0 Å². The van der Waals surface area contributed by atoms with Crippen LogP contribution in [0.4, 0.5) is 0 Å². The summed E-state index contributed by atoms with van der Waals surface area (Å²) in [5.74, 6) is 0.785. The zero-order valence-corrected chi connectivity index (χ0v) is 11.8. The van der Waals surface area contributed by atoms with Gasteiger partial charge in [0, 0.05) is 30.9 Å². The Labute approximate surface area is 110 Å². The number of nitrogens with two attached hydrogens (primary N) is 1. The van der Waals surface area contributed by atoms with Crippen LogP contribution in [0.5, 0.6) is 0 Å². The summed E-state index contributed by atoms with van der Waals surface area (Å²) in [6.07, 6.45) is 6.77. The minimum atomic E-state index is 0.334. The van der Waals surface area contributed by atoms with E-state index in [1.54, 1.807) is 0 Å². The Morgan fingerprint density at radius 1 is 1.50 bits per heavy atom. The SMILES string of the molecule is CC1CCCN(C(CN)c2cnn(C(C)C)c2)C1. The molecule has 0 saturated carbocycles. The van der Waals surface area contributed by atoms with Crippen LogP contribution < -0.4 is 5.73 Å². The molecule has 2 N–H and O–H groups in total. The molecule has 1 aliphatic heterocycles. The van der Waals surface area contributed by atoms with Crippen LogP contribution in [-0.2, 0) is 0 Å². The fraction of sp³-hybridized carbons (Fsp3) is 0.786. The smallest absolute Gasteiger partial charge is 0.0538 e. The Bertz CT molecular complexity index is 372. The molecule has 0 aliphatic carbocycles. The Kier molecular flexibility index (Phi) is 4.40. The van der Waals surface area contributed by atoms with Crippen LogP contribution >= 0.6 is 0 Å². The molecule has 18 heavy (non-hydrogen) atoms. The van der Waals surface area contributed by atoms with E-state index in [4.69, 9.17) is 5.73 Å². The number of piperidine rings is 1. The maximum Gasteiger partial charge on any atom is 0.0538 e. The molecule has 2 heterocycles. The second-order valence-electron chi connectivity index (χ2n) is 5.84. The quantitative estimate of drug-likeness (QED) is 0.891. The van der Waals surface area contributed by atoms with Gasteiger partial charge in [-0.3, -0.25) is 9.58 Å². The van der Waals surface area contributed by atoms with Gasteiger partial charge in [-0.2, -0.15) is 5.10 Å². The van der Waals surface area contributed by atoms with Gasteiger partial charge in [0.15, 0.2) is 0 Å². The molecule has 1 aromatic heterocycles. The number of likely N-dealkylation sites (tertiary alicyclic amines) is 1. The molecule has 4 nitrogen and oxygen atoms in total. The fourth-order valence-corrected chi connectivity index (χ4v) is 2.81. The minimum absolute atomic E-state index is 0.334. The van der Waals surface area contributed by atoms with Gasteiger partial charge in [0.05, 0.1) is 12.2 Å². The summed E-state index contributed by atoms with van der Waals surface area (Å²) in [4.78, 5) is 2.52. The van der Waals surface area contributed by atoms with Gasteiger partial charge >= 0.3 is 0 Å². The summed E-state index contributed by atoms with van der Waals surface area (Å²) in [6.45, 7) is 9.63. The number of rotatable bonds is 4. The lowest BCUT2D eigenvalue weighted by atomic mass is 9.97. The topological polar surface area (TPSA) is 47.1 Å². The first kappa shape index (κ1) is 13.6. The summed E-state index contributed by atoms with van der Waals surface area (Å²) < 4.78 is 2.02. The van der Waals surface area contributed by atoms with Gasteiger partial charge in [-0.15, -0.1) is 0 Å². The van der Waals surface area contributed by atoms with Crippen LogP contribution in [0.15, 0.2) is 12.4 Å². The largest absolute Gasteiger partial charge is 0.329 e. The summed E-state index contributed by atoms with van der Waals surface area (Å²) in [7, 11) is 0. The van der Waals surface area contributed by atoms with E-state index >= 15 is 0 Å². The molecule has 2 rings (SSSR count). The van der Waals surface area contributed by atoms with Gasteiger partial charge in [0.1, 0.15) is 0 Å². The number of aromatic nitrogens is 2. The second-order valence-corrected chi connectivity index (χ2v) is 5.84. The third-order valence-corrected chi connectivity index (χ3v) is 3.89. The van der Waals surface area contributed by atoms with Crippen molar-refractivity contribution < 1.29 is 0 Å². The Morgan fingerprint density at radius 2 is 2.28 bits per heavy atom. The van der Waals surface area contributed by atoms with E-state index in [1.165, 1.54) is 24.9 Å². The Balaban J connectivity index is 2.11. The van der Waals surface area contributed by atoms with Gasteiger partial charge in [-0.1, -0.05) is 6.92 Å². The minimum Gasteiger partial charge on any atom is -0.329 e. The molecule has 1 aliphatic rings. The molecule has 102 valence electrons. The Morgan fingerprint density at radius 3 is 2.83 bits per heavy atom. The first-order valence-corrected chi connectivity index (χ1v) is 7.10. The monoisotopic (exact) mass is 250 g/mol. The van der Waals surface area contributed by atoms with Crippen molar-refractivity contribution in [2.45, 2.75) is 45.7 Å². The Hall–Kier alpha value is -0.870. The van der Waals surface area contributed by atoms with E-state index < -0.39 is 0 Å². The zero-order chi connectivity index (χ0) is 13.1. The van der Waals surface area contributed by atoms with E-state index in [9.17, 15) is 0 Å². The molecule has 0 radical (unpaired) electrons. The fourth-order valence-electron chi connectivity index (χ4n) is 2.81. The first-order valence-electron chi connectivity index (χ1n) is 7.10. The van der Waals surface area contributed by atoms with Crippen molar-refractivity contribution in [1.82, 2.24) is 14.7 Å². The van der Waals surface area contributed by atoms with Crippen molar-refractivity contribution in [3.63, 3.8) is 0 Å². The van der Waals surface area contributed by atoms with Crippen molar-refractivity contribution >= 4 is 0 Å². The number of hydrogen-bond donors (Lipinski definition) is 1. The summed E-state index contributed by atoms with van der Waals surface area (Å²) in [6, 6.07) is 0.748. The van der Waals surface area contributed by atoms with Gasteiger partial charge in [-0.05, 0) is 39.2 Å². The highest BCUT2D eigenvalue weighted by Gasteiger charge is 2.25. The normalized spacial score (nSPS) is 23.5. The van der Waals surface area contributed by atoms with Crippen molar-refractivity contribution in [2.75, 3.05) is 19.6 Å². The average molecular weight is 250 g/mol.